The van der Waals surface area contributed by atoms with Gasteiger partial charge >= 0.3 is 0 Å². The number of aliphatic hydroxyl groups excluding tert-OH is 1. The van der Waals surface area contributed by atoms with Crippen LogP contribution < -0.4 is 0 Å². The van der Waals surface area contributed by atoms with Crippen LogP contribution in [0.1, 0.15) is 35.5 Å². The molecule has 1 N–H and O–H groups in total. The summed E-state index contributed by atoms with van der Waals surface area (Å²) >= 11 is 3.49. The van der Waals surface area contributed by atoms with Gasteiger partial charge in [0.05, 0.1) is 17.5 Å². The summed E-state index contributed by atoms with van der Waals surface area (Å²) in [7, 11) is 0. The summed E-state index contributed by atoms with van der Waals surface area (Å²) in [6.07, 6.45) is -0.476. The normalized spacial score (nSPS) is 12.8. The van der Waals surface area contributed by atoms with Crippen molar-refractivity contribution >= 4 is 15.9 Å². The van der Waals surface area contributed by atoms with E-state index in [2.05, 4.69) is 34.9 Å². The van der Waals surface area contributed by atoms with Gasteiger partial charge in [-0.15, -0.1) is 0 Å². The SMILES string of the molecule is Cc1nn(-c2ccc([C@H](C)O)c(Br)c2)c(C)c1C. The fourth-order valence-electron chi connectivity index (χ4n) is 1.96. The van der Waals surface area contributed by atoms with Crippen molar-refractivity contribution in [3.8, 4) is 5.69 Å². The second-order valence-corrected chi connectivity index (χ2v) is 5.44. The van der Waals surface area contributed by atoms with Crippen LogP contribution in [0.3, 0.4) is 0 Å². The van der Waals surface area contributed by atoms with Crippen molar-refractivity contribution in [3.63, 3.8) is 0 Å². The molecule has 0 aliphatic carbocycles. The Labute approximate surface area is 116 Å². The van der Waals surface area contributed by atoms with E-state index in [-0.39, 0.29) is 0 Å². The van der Waals surface area contributed by atoms with Crippen molar-refractivity contribution in [2.75, 3.05) is 0 Å². The van der Waals surface area contributed by atoms with E-state index in [9.17, 15) is 5.11 Å². The molecule has 1 atom stereocenters. The number of halogens is 1. The monoisotopic (exact) mass is 308 g/mol. The Hall–Kier alpha value is -1.13. The van der Waals surface area contributed by atoms with Crippen LogP contribution in [-0.2, 0) is 0 Å². The van der Waals surface area contributed by atoms with Crippen LogP contribution in [0.25, 0.3) is 5.69 Å². The van der Waals surface area contributed by atoms with Gasteiger partial charge in [-0.3, -0.25) is 0 Å². The Bertz CT molecular complexity index is 588. The lowest BCUT2D eigenvalue weighted by atomic mass is 10.1. The molecule has 96 valence electrons. The van der Waals surface area contributed by atoms with E-state index in [0.29, 0.717) is 0 Å². The fourth-order valence-corrected chi connectivity index (χ4v) is 2.66. The third-order valence-electron chi connectivity index (χ3n) is 3.33. The molecule has 4 heteroatoms. The van der Waals surface area contributed by atoms with Crippen LogP contribution in [0.15, 0.2) is 22.7 Å². The number of aliphatic hydroxyl groups is 1. The largest absolute Gasteiger partial charge is 0.389 e. The van der Waals surface area contributed by atoms with E-state index in [4.69, 9.17) is 0 Å². The average Bonchev–Trinajstić information content (AvgIpc) is 2.56. The Balaban J connectivity index is 2.52. The molecular formula is C14H17BrN2O. The highest BCUT2D eigenvalue weighted by Crippen LogP contribution is 2.27. The summed E-state index contributed by atoms with van der Waals surface area (Å²) in [5.74, 6) is 0. The summed E-state index contributed by atoms with van der Waals surface area (Å²) in [5.41, 5.74) is 5.29. The Morgan fingerprint density at radius 1 is 1.28 bits per heavy atom. The number of aromatic nitrogens is 2. The average molecular weight is 309 g/mol. The lowest BCUT2D eigenvalue weighted by Crippen LogP contribution is -2.01. The predicted octanol–water partition coefficient (Wildman–Crippen LogP) is 3.61. The van der Waals surface area contributed by atoms with Crippen molar-refractivity contribution in [2.24, 2.45) is 0 Å². The van der Waals surface area contributed by atoms with Crippen LogP contribution in [0, 0.1) is 20.8 Å². The molecule has 0 fully saturated rings. The van der Waals surface area contributed by atoms with Gasteiger partial charge in [-0.05, 0) is 51.0 Å². The zero-order valence-electron chi connectivity index (χ0n) is 11.0. The van der Waals surface area contributed by atoms with Crippen LogP contribution in [0.5, 0.6) is 0 Å². The van der Waals surface area contributed by atoms with Crippen molar-refractivity contribution in [1.82, 2.24) is 9.78 Å². The minimum absolute atomic E-state index is 0.476. The lowest BCUT2D eigenvalue weighted by molar-refractivity contribution is 0.198. The fraction of sp³-hybridized carbons (Fsp3) is 0.357. The molecule has 0 unspecified atom stereocenters. The first-order chi connectivity index (χ1) is 8.41. The summed E-state index contributed by atoms with van der Waals surface area (Å²) in [6.45, 7) is 7.91. The standard InChI is InChI=1S/C14H17BrN2O/c1-8-9(2)16-17(10(8)3)12-5-6-13(11(4)18)14(15)7-12/h5-7,11,18H,1-4H3/t11-/m0/s1. The first kappa shape index (κ1) is 13.3. The third kappa shape index (κ3) is 2.22. The molecule has 2 aromatic rings. The number of hydrogen-bond acceptors (Lipinski definition) is 2. The molecular weight excluding hydrogens is 292 g/mol. The molecule has 0 aliphatic heterocycles. The molecule has 1 aromatic heterocycles. The molecule has 18 heavy (non-hydrogen) atoms. The van der Waals surface area contributed by atoms with Crippen LogP contribution in [0.2, 0.25) is 0 Å². The molecule has 0 bridgehead atoms. The van der Waals surface area contributed by atoms with E-state index in [0.717, 1.165) is 27.1 Å². The number of aryl methyl sites for hydroxylation is 1. The zero-order valence-corrected chi connectivity index (χ0v) is 12.6. The van der Waals surface area contributed by atoms with E-state index in [1.54, 1.807) is 6.92 Å². The van der Waals surface area contributed by atoms with Crippen molar-refractivity contribution in [3.05, 3.63) is 45.2 Å². The highest BCUT2D eigenvalue weighted by Gasteiger charge is 2.11. The van der Waals surface area contributed by atoms with Crippen LogP contribution in [0.4, 0.5) is 0 Å². The topological polar surface area (TPSA) is 38.0 Å². The van der Waals surface area contributed by atoms with E-state index in [1.807, 2.05) is 29.8 Å². The molecule has 1 aromatic carbocycles. The number of hydrogen-bond donors (Lipinski definition) is 1. The van der Waals surface area contributed by atoms with E-state index in [1.165, 1.54) is 5.56 Å². The minimum atomic E-state index is -0.476. The first-order valence-electron chi connectivity index (χ1n) is 5.92. The van der Waals surface area contributed by atoms with Gasteiger partial charge in [0.1, 0.15) is 0 Å². The zero-order chi connectivity index (χ0) is 13.4. The molecule has 1 heterocycles. The van der Waals surface area contributed by atoms with Crippen LogP contribution in [-0.4, -0.2) is 14.9 Å². The maximum absolute atomic E-state index is 9.62. The summed E-state index contributed by atoms with van der Waals surface area (Å²) in [4.78, 5) is 0. The molecule has 3 nitrogen and oxygen atoms in total. The Morgan fingerprint density at radius 3 is 2.39 bits per heavy atom. The van der Waals surface area contributed by atoms with Crippen molar-refractivity contribution in [1.29, 1.82) is 0 Å². The number of benzene rings is 1. The summed E-state index contributed by atoms with van der Waals surface area (Å²) < 4.78 is 2.83. The molecule has 0 spiro atoms. The van der Waals surface area contributed by atoms with E-state index >= 15 is 0 Å². The highest BCUT2D eigenvalue weighted by atomic mass is 79.9. The van der Waals surface area contributed by atoms with Gasteiger partial charge in [-0.25, -0.2) is 4.68 Å². The van der Waals surface area contributed by atoms with E-state index < -0.39 is 6.10 Å². The minimum Gasteiger partial charge on any atom is -0.389 e. The predicted molar refractivity (Wildman–Crippen MR) is 76.1 cm³/mol. The highest BCUT2D eigenvalue weighted by molar-refractivity contribution is 9.10. The molecule has 0 amide bonds. The third-order valence-corrected chi connectivity index (χ3v) is 4.02. The van der Waals surface area contributed by atoms with Gasteiger partial charge in [0.25, 0.3) is 0 Å². The number of rotatable bonds is 2. The van der Waals surface area contributed by atoms with Gasteiger partial charge in [0.15, 0.2) is 0 Å². The molecule has 0 saturated carbocycles. The molecule has 0 radical (unpaired) electrons. The Kier molecular flexibility index (Phi) is 3.59. The Morgan fingerprint density at radius 2 is 1.94 bits per heavy atom. The quantitative estimate of drug-likeness (QED) is 0.920. The first-order valence-corrected chi connectivity index (χ1v) is 6.72. The number of nitrogens with zero attached hydrogens (tertiary/aromatic N) is 2. The molecule has 0 saturated heterocycles. The second-order valence-electron chi connectivity index (χ2n) is 4.59. The summed E-state index contributed by atoms with van der Waals surface area (Å²) in [5, 5.41) is 14.1. The molecule has 0 aliphatic rings. The lowest BCUT2D eigenvalue weighted by Gasteiger charge is -2.11. The maximum Gasteiger partial charge on any atom is 0.0772 e. The smallest absolute Gasteiger partial charge is 0.0772 e. The van der Waals surface area contributed by atoms with Gasteiger partial charge in [0.2, 0.25) is 0 Å². The second kappa shape index (κ2) is 4.86. The van der Waals surface area contributed by atoms with Crippen LogP contribution >= 0.6 is 15.9 Å². The summed E-state index contributed by atoms with van der Waals surface area (Å²) in [6, 6.07) is 5.89. The van der Waals surface area contributed by atoms with Gasteiger partial charge in [-0.1, -0.05) is 22.0 Å². The van der Waals surface area contributed by atoms with Crippen molar-refractivity contribution < 1.29 is 5.11 Å². The maximum atomic E-state index is 9.62. The van der Waals surface area contributed by atoms with Gasteiger partial charge in [-0.2, -0.15) is 5.10 Å². The molecule has 2 rings (SSSR count). The van der Waals surface area contributed by atoms with Gasteiger partial charge < -0.3 is 5.11 Å². The van der Waals surface area contributed by atoms with Gasteiger partial charge in [0, 0.05) is 10.2 Å². The van der Waals surface area contributed by atoms with Crippen molar-refractivity contribution in [2.45, 2.75) is 33.8 Å².